The smallest absolute Gasteiger partial charge is 0.236 e. The number of hydrogen-bond donors (Lipinski definition) is 2. The molecule has 1 rings (SSSR count). The Balaban J connectivity index is 2.26. The molecule has 0 bridgehead atoms. The molecule has 0 aromatic rings. The summed E-state index contributed by atoms with van der Waals surface area (Å²) in [6, 6.07) is 0.223. The standard InChI is InChI=1S/C11H21N3O2/c1-2-3-10(15)13-9-4-6-14(7-5-9)11(16)8-12/h9H,2-8,12H2,1H3,(H,13,15). The van der Waals surface area contributed by atoms with Crippen molar-refractivity contribution in [3.63, 3.8) is 0 Å². The van der Waals surface area contributed by atoms with E-state index in [1.165, 1.54) is 0 Å². The molecule has 1 saturated heterocycles. The summed E-state index contributed by atoms with van der Waals surface area (Å²) in [6.07, 6.45) is 3.13. The van der Waals surface area contributed by atoms with Crippen molar-refractivity contribution in [2.24, 2.45) is 5.73 Å². The Morgan fingerprint density at radius 3 is 2.50 bits per heavy atom. The van der Waals surface area contributed by atoms with Crippen LogP contribution in [-0.2, 0) is 9.59 Å². The van der Waals surface area contributed by atoms with Crippen LogP contribution in [0.15, 0.2) is 0 Å². The van der Waals surface area contributed by atoms with Crippen LogP contribution in [0, 0.1) is 0 Å². The van der Waals surface area contributed by atoms with Crippen molar-refractivity contribution in [3.8, 4) is 0 Å². The van der Waals surface area contributed by atoms with Gasteiger partial charge in [0, 0.05) is 25.6 Å². The van der Waals surface area contributed by atoms with E-state index in [1.807, 2.05) is 6.92 Å². The Labute approximate surface area is 96.4 Å². The topological polar surface area (TPSA) is 75.4 Å². The molecule has 0 aromatic carbocycles. The Morgan fingerprint density at radius 1 is 1.38 bits per heavy atom. The van der Waals surface area contributed by atoms with Crippen LogP contribution >= 0.6 is 0 Å². The highest BCUT2D eigenvalue weighted by Gasteiger charge is 2.22. The van der Waals surface area contributed by atoms with Gasteiger partial charge in [-0.15, -0.1) is 0 Å². The Bertz CT molecular complexity index is 248. The minimum Gasteiger partial charge on any atom is -0.353 e. The van der Waals surface area contributed by atoms with Crippen molar-refractivity contribution in [1.82, 2.24) is 10.2 Å². The molecule has 1 aliphatic rings. The predicted octanol–water partition coefficient (Wildman–Crippen LogP) is -0.148. The molecule has 0 atom stereocenters. The molecule has 0 aliphatic carbocycles. The lowest BCUT2D eigenvalue weighted by atomic mass is 10.0. The van der Waals surface area contributed by atoms with E-state index in [9.17, 15) is 9.59 Å². The second-order valence-electron chi connectivity index (χ2n) is 4.18. The van der Waals surface area contributed by atoms with E-state index in [4.69, 9.17) is 5.73 Å². The van der Waals surface area contributed by atoms with Crippen molar-refractivity contribution >= 4 is 11.8 Å². The van der Waals surface area contributed by atoms with E-state index in [0.29, 0.717) is 19.5 Å². The molecular formula is C11H21N3O2. The zero-order valence-electron chi connectivity index (χ0n) is 9.87. The molecule has 2 amide bonds. The van der Waals surface area contributed by atoms with Gasteiger partial charge in [-0.25, -0.2) is 0 Å². The Kier molecular flexibility index (Phi) is 5.25. The van der Waals surface area contributed by atoms with Crippen LogP contribution in [0.3, 0.4) is 0 Å². The third kappa shape index (κ3) is 3.81. The third-order valence-electron chi connectivity index (χ3n) is 2.86. The monoisotopic (exact) mass is 227 g/mol. The molecule has 1 heterocycles. The van der Waals surface area contributed by atoms with Crippen molar-refractivity contribution in [2.75, 3.05) is 19.6 Å². The summed E-state index contributed by atoms with van der Waals surface area (Å²) < 4.78 is 0. The van der Waals surface area contributed by atoms with Crippen LogP contribution in [-0.4, -0.2) is 42.4 Å². The second kappa shape index (κ2) is 6.48. The summed E-state index contributed by atoms with van der Waals surface area (Å²) in [4.78, 5) is 24.4. The number of piperidine rings is 1. The highest BCUT2D eigenvalue weighted by atomic mass is 16.2. The van der Waals surface area contributed by atoms with E-state index in [2.05, 4.69) is 5.32 Å². The van der Waals surface area contributed by atoms with Gasteiger partial charge in [0.25, 0.3) is 0 Å². The quantitative estimate of drug-likeness (QED) is 0.701. The first-order valence-electron chi connectivity index (χ1n) is 5.94. The minimum atomic E-state index is -0.00154. The number of nitrogens with two attached hydrogens (primary N) is 1. The number of amides is 2. The molecule has 0 unspecified atom stereocenters. The maximum absolute atomic E-state index is 11.4. The molecule has 0 saturated carbocycles. The molecule has 16 heavy (non-hydrogen) atoms. The molecule has 1 fully saturated rings. The zero-order chi connectivity index (χ0) is 12.0. The summed E-state index contributed by atoms with van der Waals surface area (Å²) in [5.41, 5.74) is 5.30. The van der Waals surface area contributed by atoms with Crippen LogP contribution < -0.4 is 11.1 Å². The van der Waals surface area contributed by atoms with Crippen molar-refractivity contribution < 1.29 is 9.59 Å². The van der Waals surface area contributed by atoms with Crippen molar-refractivity contribution in [3.05, 3.63) is 0 Å². The van der Waals surface area contributed by atoms with Crippen LogP contribution in [0.2, 0.25) is 0 Å². The predicted molar refractivity (Wildman–Crippen MR) is 61.7 cm³/mol. The number of carbonyl (C=O) groups excluding carboxylic acids is 2. The second-order valence-corrected chi connectivity index (χ2v) is 4.18. The first kappa shape index (κ1) is 13.0. The van der Waals surface area contributed by atoms with Crippen molar-refractivity contribution in [2.45, 2.75) is 38.6 Å². The van der Waals surface area contributed by atoms with Gasteiger partial charge in [-0.2, -0.15) is 0 Å². The van der Waals surface area contributed by atoms with Crippen LogP contribution in [0.5, 0.6) is 0 Å². The lowest BCUT2D eigenvalue weighted by molar-refractivity contribution is -0.130. The number of rotatable bonds is 4. The Morgan fingerprint density at radius 2 is 2.00 bits per heavy atom. The summed E-state index contributed by atoms with van der Waals surface area (Å²) in [7, 11) is 0. The zero-order valence-corrected chi connectivity index (χ0v) is 9.87. The highest BCUT2D eigenvalue weighted by Crippen LogP contribution is 2.10. The average molecular weight is 227 g/mol. The molecule has 3 N–H and O–H groups in total. The molecule has 92 valence electrons. The van der Waals surface area contributed by atoms with Crippen LogP contribution in [0.1, 0.15) is 32.6 Å². The van der Waals surface area contributed by atoms with E-state index < -0.39 is 0 Å². The van der Waals surface area contributed by atoms with Gasteiger partial charge in [-0.1, -0.05) is 6.92 Å². The molecule has 5 nitrogen and oxygen atoms in total. The summed E-state index contributed by atoms with van der Waals surface area (Å²) in [6.45, 7) is 3.47. The number of hydrogen-bond acceptors (Lipinski definition) is 3. The molecule has 1 aliphatic heterocycles. The third-order valence-corrected chi connectivity index (χ3v) is 2.86. The minimum absolute atomic E-state index is 0.00154. The number of nitrogens with one attached hydrogen (secondary N) is 1. The van der Waals surface area contributed by atoms with Gasteiger partial charge < -0.3 is 16.0 Å². The van der Waals surface area contributed by atoms with Gasteiger partial charge in [-0.3, -0.25) is 9.59 Å². The summed E-state index contributed by atoms with van der Waals surface area (Å²) in [5.74, 6) is 0.115. The fourth-order valence-corrected chi connectivity index (χ4v) is 1.93. The lowest BCUT2D eigenvalue weighted by Gasteiger charge is -2.32. The van der Waals surface area contributed by atoms with Gasteiger partial charge in [0.05, 0.1) is 6.54 Å². The summed E-state index contributed by atoms with van der Waals surface area (Å²) in [5, 5.41) is 2.99. The lowest BCUT2D eigenvalue weighted by Crippen LogP contribution is -2.47. The first-order valence-corrected chi connectivity index (χ1v) is 5.94. The average Bonchev–Trinajstić information content (AvgIpc) is 2.29. The number of carbonyl (C=O) groups is 2. The van der Waals surface area contributed by atoms with Gasteiger partial charge in [0.2, 0.25) is 11.8 Å². The first-order chi connectivity index (χ1) is 7.67. The SMILES string of the molecule is CCCC(=O)NC1CCN(C(=O)CN)CC1. The molecule has 5 heteroatoms. The highest BCUT2D eigenvalue weighted by molar-refractivity contribution is 5.78. The molecular weight excluding hydrogens is 206 g/mol. The molecule has 0 radical (unpaired) electrons. The number of nitrogens with zero attached hydrogens (tertiary/aromatic N) is 1. The van der Waals surface area contributed by atoms with E-state index in [1.54, 1.807) is 4.90 Å². The van der Waals surface area contributed by atoms with E-state index >= 15 is 0 Å². The molecule has 0 spiro atoms. The summed E-state index contributed by atoms with van der Waals surface area (Å²) >= 11 is 0. The van der Waals surface area contributed by atoms with E-state index in [-0.39, 0.29) is 24.4 Å². The van der Waals surface area contributed by atoms with Crippen LogP contribution in [0.25, 0.3) is 0 Å². The van der Waals surface area contributed by atoms with E-state index in [0.717, 1.165) is 19.3 Å². The van der Waals surface area contributed by atoms with Gasteiger partial charge in [0.1, 0.15) is 0 Å². The maximum Gasteiger partial charge on any atom is 0.236 e. The van der Waals surface area contributed by atoms with Gasteiger partial charge >= 0.3 is 0 Å². The fraction of sp³-hybridized carbons (Fsp3) is 0.818. The van der Waals surface area contributed by atoms with Gasteiger partial charge in [0.15, 0.2) is 0 Å². The van der Waals surface area contributed by atoms with Crippen LogP contribution in [0.4, 0.5) is 0 Å². The van der Waals surface area contributed by atoms with Crippen molar-refractivity contribution in [1.29, 1.82) is 0 Å². The largest absolute Gasteiger partial charge is 0.353 e. The molecule has 0 aromatic heterocycles. The maximum atomic E-state index is 11.4. The normalized spacial score (nSPS) is 17.2. The Hall–Kier alpha value is -1.10. The fourth-order valence-electron chi connectivity index (χ4n) is 1.93. The number of likely N-dealkylation sites (tertiary alicyclic amines) is 1. The van der Waals surface area contributed by atoms with Gasteiger partial charge in [-0.05, 0) is 19.3 Å².